The molecular formula is C8H12N2OS. The Labute approximate surface area is 75.5 Å². The van der Waals surface area contributed by atoms with Gasteiger partial charge in [0.15, 0.2) is 0 Å². The molecule has 1 unspecified atom stereocenters. The van der Waals surface area contributed by atoms with Crippen molar-refractivity contribution >= 4 is 11.3 Å². The molecule has 0 aromatic carbocycles. The zero-order valence-electron chi connectivity index (χ0n) is 6.99. The summed E-state index contributed by atoms with van der Waals surface area (Å²) in [7, 11) is 0. The first-order valence-corrected chi connectivity index (χ1v) is 4.99. The highest BCUT2D eigenvalue weighted by atomic mass is 32.1. The monoisotopic (exact) mass is 184 g/mol. The Balaban J connectivity index is 2.23. The van der Waals surface area contributed by atoms with Gasteiger partial charge in [-0.15, -0.1) is 11.3 Å². The van der Waals surface area contributed by atoms with Crippen LogP contribution in [0.1, 0.15) is 42.4 Å². The highest BCUT2D eigenvalue weighted by Gasteiger charge is 2.29. The summed E-state index contributed by atoms with van der Waals surface area (Å²) in [6.07, 6.45) is 2.54. The molecule has 2 N–H and O–H groups in total. The smallest absolute Gasteiger partial charge is 0.112 e. The summed E-state index contributed by atoms with van der Waals surface area (Å²) in [5, 5.41) is 0. The third kappa shape index (κ3) is 1.37. The van der Waals surface area contributed by atoms with Gasteiger partial charge in [0.1, 0.15) is 6.10 Å². The van der Waals surface area contributed by atoms with Crippen LogP contribution in [-0.4, -0.2) is 4.98 Å². The predicted octanol–water partition coefficient (Wildman–Crippen LogP) is 1.97. The SMILES string of the molecule is CC(ON)c1scnc1C1CC1. The fourth-order valence-electron chi connectivity index (χ4n) is 1.29. The quantitative estimate of drug-likeness (QED) is 0.731. The second-order valence-electron chi connectivity index (χ2n) is 3.15. The van der Waals surface area contributed by atoms with Crippen molar-refractivity contribution < 1.29 is 4.84 Å². The summed E-state index contributed by atoms with van der Waals surface area (Å²) in [5.74, 6) is 5.82. The number of hydrogen-bond donors (Lipinski definition) is 1. The van der Waals surface area contributed by atoms with E-state index >= 15 is 0 Å². The normalized spacial score (nSPS) is 19.5. The molecule has 1 aromatic heterocycles. The number of nitrogens with zero attached hydrogens (tertiary/aromatic N) is 1. The van der Waals surface area contributed by atoms with Crippen molar-refractivity contribution in [2.75, 3.05) is 0 Å². The van der Waals surface area contributed by atoms with E-state index in [1.165, 1.54) is 23.4 Å². The lowest BCUT2D eigenvalue weighted by molar-refractivity contribution is 0.0681. The fraction of sp³-hybridized carbons (Fsp3) is 0.625. The van der Waals surface area contributed by atoms with E-state index in [1.54, 1.807) is 11.3 Å². The first kappa shape index (κ1) is 8.16. The second-order valence-corrected chi connectivity index (χ2v) is 4.04. The van der Waals surface area contributed by atoms with E-state index in [4.69, 9.17) is 10.7 Å². The lowest BCUT2D eigenvalue weighted by Crippen LogP contribution is -2.05. The van der Waals surface area contributed by atoms with Crippen molar-refractivity contribution in [3.05, 3.63) is 16.1 Å². The van der Waals surface area contributed by atoms with E-state index in [0.717, 1.165) is 0 Å². The van der Waals surface area contributed by atoms with Gasteiger partial charge >= 0.3 is 0 Å². The van der Waals surface area contributed by atoms with Crippen LogP contribution in [0.15, 0.2) is 5.51 Å². The molecule has 1 heterocycles. The summed E-state index contributed by atoms with van der Waals surface area (Å²) in [5.41, 5.74) is 3.08. The van der Waals surface area contributed by atoms with E-state index in [0.29, 0.717) is 5.92 Å². The van der Waals surface area contributed by atoms with Gasteiger partial charge in [-0.2, -0.15) is 0 Å². The van der Waals surface area contributed by atoms with Crippen molar-refractivity contribution in [3.63, 3.8) is 0 Å². The fourth-order valence-corrected chi connectivity index (χ4v) is 2.16. The van der Waals surface area contributed by atoms with Crippen LogP contribution in [0.2, 0.25) is 0 Å². The van der Waals surface area contributed by atoms with Crippen LogP contribution >= 0.6 is 11.3 Å². The van der Waals surface area contributed by atoms with Crippen LogP contribution in [0, 0.1) is 0 Å². The van der Waals surface area contributed by atoms with E-state index in [9.17, 15) is 0 Å². The summed E-state index contributed by atoms with van der Waals surface area (Å²) in [6.45, 7) is 1.96. The zero-order chi connectivity index (χ0) is 8.55. The third-order valence-electron chi connectivity index (χ3n) is 2.16. The van der Waals surface area contributed by atoms with Crippen LogP contribution in [0.4, 0.5) is 0 Å². The Morgan fingerprint density at radius 3 is 3.08 bits per heavy atom. The number of nitrogens with two attached hydrogens (primary N) is 1. The first-order valence-electron chi connectivity index (χ1n) is 4.11. The van der Waals surface area contributed by atoms with Gasteiger partial charge in [0.05, 0.1) is 16.1 Å². The van der Waals surface area contributed by atoms with Gasteiger partial charge in [0.25, 0.3) is 0 Å². The minimum atomic E-state index is -0.00639. The highest BCUT2D eigenvalue weighted by Crippen LogP contribution is 2.43. The van der Waals surface area contributed by atoms with Crippen molar-refractivity contribution in [1.29, 1.82) is 0 Å². The molecule has 0 radical (unpaired) electrons. The molecule has 12 heavy (non-hydrogen) atoms. The average Bonchev–Trinajstić information content (AvgIpc) is 2.83. The number of aromatic nitrogens is 1. The molecule has 0 saturated heterocycles. The maximum Gasteiger partial charge on any atom is 0.112 e. The van der Waals surface area contributed by atoms with E-state index in [-0.39, 0.29) is 6.10 Å². The van der Waals surface area contributed by atoms with Crippen molar-refractivity contribution in [2.45, 2.75) is 31.8 Å². The van der Waals surface area contributed by atoms with Gasteiger partial charge in [0.2, 0.25) is 0 Å². The van der Waals surface area contributed by atoms with Gasteiger partial charge in [-0.1, -0.05) is 0 Å². The van der Waals surface area contributed by atoms with Gasteiger partial charge in [-0.05, 0) is 19.8 Å². The Hall–Kier alpha value is -0.450. The third-order valence-corrected chi connectivity index (χ3v) is 3.17. The lowest BCUT2D eigenvalue weighted by atomic mass is 10.2. The maximum absolute atomic E-state index is 5.13. The highest BCUT2D eigenvalue weighted by molar-refractivity contribution is 7.09. The Bertz CT molecular complexity index is 270. The maximum atomic E-state index is 5.13. The molecule has 1 aliphatic carbocycles. The lowest BCUT2D eigenvalue weighted by Gasteiger charge is -2.07. The van der Waals surface area contributed by atoms with Crippen LogP contribution in [0.3, 0.4) is 0 Å². The minimum Gasteiger partial charge on any atom is -0.296 e. The van der Waals surface area contributed by atoms with E-state index in [1.807, 2.05) is 12.4 Å². The molecule has 1 fully saturated rings. The Morgan fingerprint density at radius 1 is 1.75 bits per heavy atom. The number of thiazole rings is 1. The number of hydrogen-bond acceptors (Lipinski definition) is 4. The molecule has 1 aromatic rings. The van der Waals surface area contributed by atoms with Gasteiger partial charge < -0.3 is 0 Å². The molecule has 0 bridgehead atoms. The van der Waals surface area contributed by atoms with Crippen molar-refractivity contribution in [3.8, 4) is 0 Å². The molecule has 2 rings (SSSR count). The Kier molecular flexibility index (Phi) is 2.12. The van der Waals surface area contributed by atoms with Crippen molar-refractivity contribution in [2.24, 2.45) is 5.90 Å². The van der Waals surface area contributed by atoms with Gasteiger partial charge in [-0.3, -0.25) is 4.84 Å². The van der Waals surface area contributed by atoms with Gasteiger partial charge in [0, 0.05) is 5.92 Å². The summed E-state index contributed by atoms with van der Waals surface area (Å²) < 4.78 is 0. The zero-order valence-corrected chi connectivity index (χ0v) is 7.80. The molecule has 3 nitrogen and oxygen atoms in total. The van der Waals surface area contributed by atoms with E-state index < -0.39 is 0 Å². The molecular weight excluding hydrogens is 172 g/mol. The summed E-state index contributed by atoms with van der Waals surface area (Å²) in [4.78, 5) is 10.3. The molecule has 0 spiro atoms. The van der Waals surface area contributed by atoms with Crippen LogP contribution in [0.25, 0.3) is 0 Å². The standard InChI is InChI=1S/C8H12N2OS/c1-5(11-9)8-7(6-2-3-6)10-4-12-8/h4-6H,2-3,9H2,1H3. The Morgan fingerprint density at radius 2 is 2.50 bits per heavy atom. The second kappa shape index (κ2) is 3.12. The largest absolute Gasteiger partial charge is 0.296 e. The van der Waals surface area contributed by atoms with Crippen molar-refractivity contribution in [1.82, 2.24) is 4.98 Å². The predicted molar refractivity (Wildman–Crippen MR) is 47.8 cm³/mol. The minimum absolute atomic E-state index is 0.00639. The topological polar surface area (TPSA) is 48.1 Å². The summed E-state index contributed by atoms with van der Waals surface area (Å²) in [6, 6.07) is 0. The molecule has 1 saturated carbocycles. The molecule has 0 amide bonds. The number of rotatable bonds is 3. The van der Waals surface area contributed by atoms with Crippen LogP contribution < -0.4 is 5.90 Å². The van der Waals surface area contributed by atoms with Crippen LogP contribution in [0.5, 0.6) is 0 Å². The molecule has 1 atom stereocenters. The molecule has 66 valence electrons. The van der Waals surface area contributed by atoms with E-state index in [2.05, 4.69) is 4.98 Å². The average molecular weight is 184 g/mol. The molecule has 0 aliphatic heterocycles. The molecule has 4 heteroatoms. The first-order chi connectivity index (χ1) is 5.83. The van der Waals surface area contributed by atoms with Gasteiger partial charge in [-0.25, -0.2) is 10.9 Å². The molecule has 1 aliphatic rings. The summed E-state index contributed by atoms with van der Waals surface area (Å²) >= 11 is 1.63. The van der Waals surface area contributed by atoms with Crippen LogP contribution in [-0.2, 0) is 4.84 Å².